The van der Waals surface area contributed by atoms with E-state index < -0.39 is 0 Å². The van der Waals surface area contributed by atoms with Crippen LogP contribution in [0, 0.1) is 0 Å². The number of ether oxygens (including phenoxy) is 1. The van der Waals surface area contributed by atoms with Gasteiger partial charge in [0.2, 0.25) is 0 Å². The molecule has 1 aromatic rings. The molecule has 0 unspecified atom stereocenters. The zero-order chi connectivity index (χ0) is 12.7. The lowest BCUT2D eigenvalue weighted by molar-refractivity contribution is 0.111. The van der Waals surface area contributed by atoms with Gasteiger partial charge in [-0.05, 0) is 61.6 Å². The monoisotopic (exact) mass is 264 g/mol. The summed E-state index contributed by atoms with van der Waals surface area (Å²) in [6.45, 7) is 2.45. The molecular weight excluding hydrogens is 248 g/mol. The zero-order valence-electron chi connectivity index (χ0n) is 10.5. The normalized spacial score (nSPS) is 18.8. The Hall–Kier alpha value is -1.02. The predicted molar refractivity (Wildman–Crippen MR) is 72.0 cm³/mol. The molecule has 0 heterocycles. The minimum atomic E-state index is 0.535. The largest absolute Gasteiger partial charge is 0.492 e. The molecule has 3 heteroatoms. The van der Waals surface area contributed by atoms with Gasteiger partial charge in [-0.2, -0.15) is 0 Å². The van der Waals surface area contributed by atoms with E-state index in [1.165, 1.54) is 36.8 Å². The molecule has 0 aliphatic heterocycles. The minimum Gasteiger partial charge on any atom is -0.492 e. The molecule has 2 fully saturated rings. The van der Waals surface area contributed by atoms with Gasteiger partial charge in [0.15, 0.2) is 6.29 Å². The van der Waals surface area contributed by atoms with Gasteiger partial charge in [-0.1, -0.05) is 11.6 Å². The van der Waals surface area contributed by atoms with Crippen molar-refractivity contribution in [2.75, 3.05) is 6.61 Å². The molecule has 0 amide bonds. The number of halogens is 1. The van der Waals surface area contributed by atoms with Crippen molar-refractivity contribution in [2.24, 2.45) is 0 Å². The molecule has 0 saturated heterocycles. The quantitative estimate of drug-likeness (QED) is 0.741. The second-order valence-electron chi connectivity index (χ2n) is 5.21. The van der Waals surface area contributed by atoms with Crippen LogP contribution >= 0.6 is 11.6 Å². The maximum Gasteiger partial charge on any atom is 0.153 e. The Morgan fingerprint density at radius 2 is 2.00 bits per heavy atom. The van der Waals surface area contributed by atoms with Crippen LogP contribution in [0.3, 0.4) is 0 Å². The van der Waals surface area contributed by atoms with Crippen molar-refractivity contribution >= 4 is 17.9 Å². The third kappa shape index (κ3) is 2.03. The molecule has 1 aromatic carbocycles. The number of rotatable bonds is 5. The van der Waals surface area contributed by atoms with Crippen molar-refractivity contribution in [1.29, 1.82) is 0 Å². The van der Waals surface area contributed by atoms with Crippen LogP contribution < -0.4 is 4.74 Å². The minimum absolute atomic E-state index is 0.535. The highest BCUT2D eigenvalue weighted by Gasteiger charge is 2.36. The van der Waals surface area contributed by atoms with Crippen molar-refractivity contribution in [3.8, 4) is 5.75 Å². The summed E-state index contributed by atoms with van der Waals surface area (Å²) in [6.07, 6.45) is 5.74. The SMILES string of the molecule is CCOc1c(C=O)cc(C2CC2)c(C2CC2)c1Cl. The summed E-state index contributed by atoms with van der Waals surface area (Å²) in [7, 11) is 0. The van der Waals surface area contributed by atoms with E-state index in [1.54, 1.807) is 0 Å². The molecule has 18 heavy (non-hydrogen) atoms. The van der Waals surface area contributed by atoms with Crippen molar-refractivity contribution in [3.63, 3.8) is 0 Å². The second kappa shape index (κ2) is 4.58. The van der Waals surface area contributed by atoms with Gasteiger partial charge >= 0.3 is 0 Å². The van der Waals surface area contributed by atoms with E-state index in [2.05, 4.69) is 0 Å². The van der Waals surface area contributed by atoms with Gasteiger partial charge in [-0.3, -0.25) is 4.79 Å². The van der Waals surface area contributed by atoms with Crippen LogP contribution in [0.25, 0.3) is 0 Å². The van der Waals surface area contributed by atoms with Crippen LogP contribution in [0.5, 0.6) is 5.75 Å². The lowest BCUT2D eigenvalue weighted by atomic mass is 9.96. The fraction of sp³-hybridized carbons (Fsp3) is 0.533. The van der Waals surface area contributed by atoms with E-state index in [0.717, 1.165) is 6.29 Å². The lowest BCUT2D eigenvalue weighted by Crippen LogP contribution is -2.02. The summed E-state index contributed by atoms with van der Waals surface area (Å²) in [5.41, 5.74) is 3.16. The highest BCUT2D eigenvalue weighted by atomic mass is 35.5. The van der Waals surface area contributed by atoms with Crippen LogP contribution in [0.4, 0.5) is 0 Å². The van der Waals surface area contributed by atoms with Crippen molar-refractivity contribution in [3.05, 3.63) is 27.8 Å². The van der Waals surface area contributed by atoms with Crippen LogP contribution in [0.1, 0.15) is 65.9 Å². The van der Waals surface area contributed by atoms with Gasteiger partial charge in [-0.15, -0.1) is 0 Å². The molecular formula is C15H17ClO2. The van der Waals surface area contributed by atoms with Gasteiger partial charge < -0.3 is 4.74 Å². The first-order chi connectivity index (χ1) is 8.76. The van der Waals surface area contributed by atoms with Gasteiger partial charge in [0.1, 0.15) is 5.75 Å². The first-order valence-corrected chi connectivity index (χ1v) is 7.08. The predicted octanol–water partition coefficient (Wildman–Crippen LogP) is 4.31. The van der Waals surface area contributed by atoms with E-state index >= 15 is 0 Å². The Kier molecular flexibility index (Phi) is 3.06. The number of benzene rings is 1. The summed E-state index contributed by atoms with van der Waals surface area (Å²) in [5, 5.41) is 0.686. The Bertz CT molecular complexity index is 488. The Labute approximate surface area is 112 Å². The first kappa shape index (κ1) is 12.0. The molecule has 2 aliphatic carbocycles. The molecule has 0 N–H and O–H groups in total. The molecule has 96 valence electrons. The first-order valence-electron chi connectivity index (χ1n) is 6.70. The maximum absolute atomic E-state index is 11.2. The molecule has 0 bridgehead atoms. The van der Waals surface area contributed by atoms with Gasteiger partial charge in [0.05, 0.1) is 17.2 Å². The van der Waals surface area contributed by atoms with E-state index in [4.69, 9.17) is 16.3 Å². The number of hydrogen-bond donors (Lipinski definition) is 0. The van der Waals surface area contributed by atoms with Gasteiger partial charge in [-0.25, -0.2) is 0 Å². The second-order valence-corrected chi connectivity index (χ2v) is 5.59. The smallest absolute Gasteiger partial charge is 0.153 e. The summed E-state index contributed by atoms with van der Waals surface area (Å²) in [6, 6.07) is 2.01. The third-order valence-corrected chi connectivity index (χ3v) is 4.11. The Morgan fingerprint density at radius 3 is 2.50 bits per heavy atom. The molecule has 0 spiro atoms. The molecule has 3 rings (SSSR count). The zero-order valence-corrected chi connectivity index (χ0v) is 11.3. The molecule has 2 aliphatic rings. The summed E-state index contributed by atoms with van der Waals surface area (Å²) in [4.78, 5) is 11.2. The van der Waals surface area contributed by atoms with E-state index in [1.807, 2.05) is 13.0 Å². The molecule has 0 radical (unpaired) electrons. The lowest BCUT2D eigenvalue weighted by Gasteiger charge is -2.16. The van der Waals surface area contributed by atoms with Gasteiger partial charge in [0, 0.05) is 0 Å². The van der Waals surface area contributed by atoms with E-state index in [-0.39, 0.29) is 0 Å². The topological polar surface area (TPSA) is 26.3 Å². The average Bonchev–Trinajstić information content (AvgIpc) is 3.23. The van der Waals surface area contributed by atoms with Crippen LogP contribution in [-0.2, 0) is 0 Å². The summed E-state index contributed by atoms with van der Waals surface area (Å²) < 4.78 is 5.57. The molecule has 0 atom stereocenters. The Morgan fingerprint density at radius 1 is 1.33 bits per heavy atom. The van der Waals surface area contributed by atoms with Crippen molar-refractivity contribution < 1.29 is 9.53 Å². The maximum atomic E-state index is 11.2. The van der Waals surface area contributed by atoms with Crippen LogP contribution in [-0.4, -0.2) is 12.9 Å². The molecule has 2 nitrogen and oxygen atoms in total. The number of hydrogen-bond acceptors (Lipinski definition) is 2. The standard InChI is InChI=1S/C15H17ClO2/c1-2-18-15-11(8-17)7-12(9-3-4-9)13(14(15)16)10-5-6-10/h7-10H,2-6H2,1H3. The number of carbonyl (C=O) groups excluding carboxylic acids is 1. The van der Waals surface area contributed by atoms with Crippen molar-refractivity contribution in [2.45, 2.75) is 44.4 Å². The number of aldehydes is 1. The van der Waals surface area contributed by atoms with E-state index in [0.29, 0.717) is 34.8 Å². The molecule has 2 saturated carbocycles. The van der Waals surface area contributed by atoms with Gasteiger partial charge in [0.25, 0.3) is 0 Å². The number of carbonyl (C=O) groups is 1. The van der Waals surface area contributed by atoms with Crippen LogP contribution in [0.2, 0.25) is 5.02 Å². The van der Waals surface area contributed by atoms with Crippen LogP contribution in [0.15, 0.2) is 6.07 Å². The fourth-order valence-electron chi connectivity index (χ4n) is 2.58. The summed E-state index contributed by atoms with van der Waals surface area (Å²) >= 11 is 6.50. The summed E-state index contributed by atoms with van der Waals surface area (Å²) in [5.74, 6) is 1.79. The average molecular weight is 265 g/mol. The fourth-order valence-corrected chi connectivity index (χ4v) is 3.01. The van der Waals surface area contributed by atoms with E-state index in [9.17, 15) is 4.79 Å². The highest BCUT2D eigenvalue weighted by Crippen LogP contribution is 2.54. The third-order valence-electron chi connectivity index (χ3n) is 3.74. The molecule has 0 aromatic heterocycles. The highest BCUT2D eigenvalue weighted by molar-refractivity contribution is 6.33. The Balaban J connectivity index is 2.14. The van der Waals surface area contributed by atoms with Crippen molar-refractivity contribution in [1.82, 2.24) is 0 Å².